The summed E-state index contributed by atoms with van der Waals surface area (Å²) < 4.78 is 27.1. The van der Waals surface area contributed by atoms with Crippen LogP contribution in [0.25, 0.3) is 0 Å². The maximum Gasteiger partial charge on any atom is 0.335 e. The average Bonchev–Trinajstić information content (AvgIpc) is 2.33. The second-order valence-corrected chi connectivity index (χ2v) is 6.52. The van der Waals surface area contributed by atoms with E-state index in [0.29, 0.717) is 24.3 Å². The van der Waals surface area contributed by atoms with Gasteiger partial charge in [0, 0.05) is 20.1 Å². The number of hydrogen-bond acceptors (Lipinski definition) is 3. The van der Waals surface area contributed by atoms with Gasteiger partial charge in [-0.3, -0.25) is 4.31 Å². The minimum atomic E-state index is -3.49. The molecule has 1 aromatic rings. The number of rotatable bonds is 2. The van der Waals surface area contributed by atoms with Gasteiger partial charge in [0.15, 0.2) is 0 Å². The van der Waals surface area contributed by atoms with Gasteiger partial charge >= 0.3 is 16.2 Å². The molecule has 0 bridgehead atoms. The molecule has 0 amide bonds. The third kappa shape index (κ3) is 2.43. The van der Waals surface area contributed by atoms with E-state index < -0.39 is 16.2 Å². The molecule has 2 rings (SSSR count). The fourth-order valence-corrected chi connectivity index (χ4v) is 3.66. The number of benzene rings is 1. The molecule has 104 valence electrons. The normalized spacial score (nSPS) is 19.4. The molecular formula is C12H16N2O4S. The fraction of sp³-hybridized carbons (Fsp3) is 0.417. The highest BCUT2D eigenvalue weighted by atomic mass is 32.2. The molecule has 1 N–H and O–H groups in total. The highest BCUT2D eigenvalue weighted by molar-refractivity contribution is 7.90. The Kier molecular flexibility index (Phi) is 3.51. The topological polar surface area (TPSA) is 77.9 Å². The molecule has 0 spiro atoms. The van der Waals surface area contributed by atoms with E-state index in [0.717, 1.165) is 6.42 Å². The van der Waals surface area contributed by atoms with Crippen molar-refractivity contribution >= 4 is 21.9 Å². The van der Waals surface area contributed by atoms with Crippen LogP contribution >= 0.6 is 0 Å². The van der Waals surface area contributed by atoms with E-state index in [1.165, 1.54) is 20.7 Å². The number of aryl methyl sites for hydroxylation is 1. The number of hydrogen-bond donors (Lipinski definition) is 1. The van der Waals surface area contributed by atoms with E-state index >= 15 is 0 Å². The van der Waals surface area contributed by atoms with Gasteiger partial charge in [0.2, 0.25) is 0 Å². The van der Waals surface area contributed by atoms with Crippen molar-refractivity contribution in [2.45, 2.75) is 13.3 Å². The number of carboxylic acid groups (broad SMARTS) is 1. The van der Waals surface area contributed by atoms with Gasteiger partial charge in [-0.05, 0) is 37.1 Å². The maximum absolute atomic E-state index is 12.2. The predicted molar refractivity (Wildman–Crippen MR) is 71.7 cm³/mol. The molecule has 7 heteroatoms. The van der Waals surface area contributed by atoms with E-state index in [-0.39, 0.29) is 5.56 Å². The Morgan fingerprint density at radius 1 is 1.32 bits per heavy atom. The van der Waals surface area contributed by atoms with E-state index in [1.54, 1.807) is 20.0 Å². The van der Waals surface area contributed by atoms with E-state index in [4.69, 9.17) is 5.11 Å². The Morgan fingerprint density at radius 2 is 2.00 bits per heavy atom. The van der Waals surface area contributed by atoms with Crippen LogP contribution in [0.2, 0.25) is 0 Å². The summed E-state index contributed by atoms with van der Waals surface area (Å²) in [6.45, 7) is 2.64. The molecule has 0 unspecified atom stereocenters. The molecule has 0 radical (unpaired) electrons. The van der Waals surface area contributed by atoms with Gasteiger partial charge in [-0.1, -0.05) is 0 Å². The van der Waals surface area contributed by atoms with Gasteiger partial charge in [-0.15, -0.1) is 0 Å². The predicted octanol–water partition coefficient (Wildman–Crippen LogP) is 1.08. The largest absolute Gasteiger partial charge is 0.478 e. The second kappa shape index (κ2) is 4.82. The first kappa shape index (κ1) is 13.8. The number of aromatic carboxylic acids is 1. The Hall–Kier alpha value is -1.60. The van der Waals surface area contributed by atoms with Crippen LogP contribution in [0, 0.1) is 6.92 Å². The summed E-state index contributed by atoms with van der Waals surface area (Å²) in [5.74, 6) is -1.02. The molecule has 1 saturated heterocycles. The molecule has 1 aliphatic rings. The smallest absolute Gasteiger partial charge is 0.335 e. The lowest BCUT2D eigenvalue weighted by molar-refractivity contribution is 0.0697. The molecular weight excluding hydrogens is 268 g/mol. The zero-order valence-electron chi connectivity index (χ0n) is 10.8. The van der Waals surface area contributed by atoms with E-state index in [9.17, 15) is 13.2 Å². The van der Waals surface area contributed by atoms with Crippen LogP contribution in [-0.2, 0) is 10.2 Å². The van der Waals surface area contributed by atoms with Crippen molar-refractivity contribution in [1.82, 2.24) is 4.31 Å². The van der Waals surface area contributed by atoms with Crippen LogP contribution < -0.4 is 4.31 Å². The molecule has 19 heavy (non-hydrogen) atoms. The number of carbonyl (C=O) groups is 1. The van der Waals surface area contributed by atoms with Gasteiger partial charge in [0.1, 0.15) is 0 Å². The molecule has 1 aliphatic heterocycles. The molecule has 0 atom stereocenters. The van der Waals surface area contributed by atoms with Crippen molar-refractivity contribution in [2.75, 3.05) is 24.4 Å². The summed E-state index contributed by atoms with van der Waals surface area (Å²) in [6.07, 6.45) is 0.746. The fourth-order valence-electron chi connectivity index (χ4n) is 2.15. The summed E-state index contributed by atoms with van der Waals surface area (Å²) in [5, 5.41) is 8.92. The first-order valence-electron chi connectivity index (χ1n) is 5.92. The first-order valence-corrected chi connectivity index (χ1v) is 7.31. The van der Waals surface area contributed by atoms with Crippen molar-refractivity contribution in [2.24, 2.45) is 0 Å². The number of carboxylic acids is 1. The Bertz CT molecular complexity index is 612. The van der Waals surface area contributed by atoms with Crippen LogP contribution in [0.3, 0.4) is 0 Å². The van der Waals surface area contributed by atoms with Crippen molar-refractivity contribution in [1.29, 1.82) is 0 Å². The van der Waals surface area contributed by atoms with E-state index in [1.807, 2.05) is 0 Å². The Morgan fingerprint density at radius 3 is 2.58 bits per heavy atom. The quantitative estimate of drug-likeness (QED) is 0.881. The van der Waals surface area contributed by atoms with Crippen LogP contribution in [0.4, 0.5) is 5.69 Å². The SMILES string of the molecule is Cc1cc(C(=O)O)ccc1N1CCCN(C)S1(=O)=O. The van der Waals surface area contributed by atoms with Crippen LogP contribution in [-0.4, -0.2) is 43.9 Å². The Labute approximate surface area is 112 Å². The lowest BCUT2D eigenvalue weighted by atomic mass is 10.1. The minimum Gasteiger partial charge on any atom is -0.478 e. The summed E-state index contributed by atoms with van der Waals surface area (Å²) in [6, 6.07) is 4.46. The molecule has 1 aromatic carbocycles. The van der Waals surface area contributed by atoms with Gasteiger partial charge in [-0.2, -0.15) is 12.7 Å². The summed E-state index contributed by atoms with van der Waals surface area (Å²) in [7, 11) is -1.95. The zero-order valence-corrected chi connectivity index (χ0v) is 11.6. The van der Waals surface area contributed by atoms with Crippen molar-refractivity contribution < 1.29 is 18.3 Å². The van der Waals surface area contributed by atoms with Gasteiger partial charge in [0.25, 0.3) is 0 Å². The monoisotopic (exact) mass is 284 g/mol. The lowest BCUT2D eigenvalue weighted by Crippen LogP contribution is -2.48. The molecule has 1 heterocycles. The summed E-state index contributed by atoms with van der Waals surface area (Å²) in [5.41, 5.74) is 1.33. The summed E-state index contributed by atoms with van der Waals surface area (Å²) >= 11 is 0. The van der Waals surface area contributed by atoms with Crippen LogP contribution in [0.15, 0.2) is 18.2 Å². The summed E-state index contributed by atoms with van der Waals surface area (Å²) in [4.78, 5) is 10.9. The van der Waals surface area contributed by atoms with Gasteiger partial charge < -0.3 is 5.11 Å². The average molecular weight is 284 g/mol. The third-order valence-corrected chi connectivity index (χ3v) is 5.13. The standard InChI is InChI=1S/C12H16N2O4S/c1-9-8-10(12(15)16)4-5-11(9)14-7-3-6-13(2)19(14,17)18/h4-5,8H,3,6-7H2,1-2H3,(H,15,16). The maximum atomic E-state index is 12.2. The first-order chi connectivity index (χ1) is 8.84. The molecule has 1 fully saturated rings. The molecule has 0 saturated carbocycles. The highest BCUT2D eigenvalue weighted by Crippen LogP contribution is 2.27. The van der Waals surface area contributed by atoms with Gasteiger partial charge in [-0.25, -0.2) is 4.79 Å². The van der Waals surface area contributed by atoms with Crippen molar-refractivity contribution in [3.63, 3.8) is 0 Å². The van der Waals surface area contributed by atoms with Crippen molar-refractivity contribution in [3.8, 4) is 0 Å². The second-order valence-electron chi connectivity index (χ2n) is 4.56. The number of nitrogens with zero attached hydrogens (tertiary/aromatic N) is 2. The van der Waals surface area contributed by atoms with Gasteiger partial charge in [0.05, 0.1) is 11.3 Å². The van der Waals surface area contributed by atoms with Crippen LogP contribution in [0.1, 0.15) is 22.3 Å². The van der Waals surface area contributed by atoms with Crippen molar-refractivity contribution in [3.05, 3.63) is 29.3 Å². The molecule has 0 aliphatic carbocycles. The zero-order chi connectivity index (χ0) is 14.2. The third-order valence-electron chi connectivity index (χ3n) is 3.22. The lowest BCUT2D eigenvalue weighted by Gasteiger charge is -2.34. The molecule has 0 aromatic heterocycles. The Balaban J connectivity index is 2.44. The number of anilines is 1. The van der Waals surface area contributed by atoms with Crippen LogP contribution in [0.5, 0.6) is 0 Å². The van der Waals surface area contributed by atoms with E-state index in [2.05, 4.69) is 0 Å². The molecule has 6 nitrogen and oxygen atoms in total. The minimum absolute atomic E-state index is 0.156. The highest BCUT2D eigenvalue weighted by Gasteiger charge is 2.31.